The van der Waals surface area contributed by atoms with Crippen LogP contribution in [-0.2, 0) is 34.1 Å². The lowest BCUT2D eigenvalue weighted by molar-refractivity contribution is -0.137. The van der Waals surface area contributed by atoms with Crippen LogP contribution in [0.3, 0.4) is 0 Å². The Kier molecular flexibility index (Phi) is 6.56. The third-order valence-corrected chi connectivity index (χ3v) is 5.76. The Labute approximate surface area is 136 Å². The first-order chi connectivity index (χ1) is 10.8. The summed E-state index contributed by atoms with van der Waals surface area (Å²) in [4.78, 5) is -1.12. The van der Waals surface area contributed by atoms with E-state index in [1.807, 2.05) is 0 Å². The Morgan fingerprint density at radius 2 is 1.83 bits per heavy atom. The smallest absolute Gasteiger partial charge is 0.310 e. The first-order valence-corrected chi connectivity index (χ1v) is 9.54. The maximum Gasteiger partial charge on any atom is 0.416 e. The number of alkyl halides is 3. The predicted molar refractivity (Wildman–Crippen MR) is 75.4 cm³/mol. The lowest BCUT2D eigenvalue weighted by Gasteiger charge is -2.18. The third-order valence-electron chi connectivity index (χ3n) is 2.54. The molecular weight excluding hydrogens is 379 g/mol. The summed E-state index contributed by atoms with van der Waals surface area (Å²) in [6.07, 6.45) is -6.46. The molecule has 0 aliphatic carbocycles. The van der Waals surface area contributed by atoms with Gasteiger partial charge in [0.1, 0.15) is 10.7 Å². The molecule has 0 fully saturated rings. The molecule has 0 aliphatic rings. The van der Waals surface area contributed by atoms with Crippen LogP contribution in [-0.4, -0.2) is 28.0 Å². The second kappa shape index (κ2) is 7.49. The fraction of sp³-hybridized carbons (Fsp3) is 0.500. The molecule has 0 aromatic heterocycles. The summed E-state index contributed by atoms with van der Waals surface area (Å²) in [6.45, 7) is 3.02. The van der Waals surface area contributed by atoms with E-state index < -0.39 is 52.6 Å². The minimum Gasteiger partial charge on any atom is -0.310 e. The van der Waals surface area contributed by atoms with E-state index in [1.54, 1.807) is 0 Å². The number of halogens is 4. The third kappa shape index (κ3) is 5.52. The SMILES string of the molecule is COP(=O)(COS(=O)(=O)c1ccc(C(F)(F)F)cc1F)OC(C)C. The number of hydrogen-bond donors (Lipinski definition) is 0. The Morgan fingerprint density at radius 3 is 2.25 bits per heavy atom. The van der Waals surface area contributed by atoms with Crippen LogP contribution >= 0.6 is 7.60 Å². The van der Waals surface area contributed by atoms with Crippen molar-refractivity contribution in [2.45, 2.75) is 31.0 Å². The van der Waals surface area contributed by atoms with Gasteiger partial charge in [0.25, 0.3) is 0 Å². The molecule has 1 aromatic rings. The molecule has 0 amide bonds. The average Bonchev–Trinajstić information content (AvgIpc) is 2.43. The van der Waals surface area contributed by atoms with Crippen molar-refractivity contribution < 1.29 is 43.8 Å². The van der Waals surface area contributed by atoms with Gasteiger partial charge in [0.05, 0.1) is 11.7 Å². The molecule has 1 unspecified atom stereocenters. The van der Waals surface area contributed by atoms with Crippen molar-refractivity contribution in [3.8, 4) is 0 Å². The molecule has 1 aromatic carbocycles. The van der Waals surface area contributed by atoms with Crippen molar-refractivity contribution in [1.82, 2.24) is 0 Å². The molecule has 0 radical (unpaired) electrons. The van der Waals surface area contributed by atoms with Crippen molar-refractivity contribution >= 4 is 17.7 Å². The van der Waals surface area contributed by atoms with Crippen molar-refractivity contribution in [1.29, 1.82) is 0 Å². The van der Waals surface area contributed by atoms with Gasteiger partial charge < -0.3 is 9.05 Å². The zero-order chi connectivity index (χ0) is 18.8. The molecule has 0 spiro atoms. The van der Waals surface area contributed by atoms with Crippen LogP contribution in [0, 0.1) is 5.82 Å². The maximum atomic E-state index is 13.7. The van der Waals surface area contributed by atoms with Gasteiger partial charge in [-0.2, -0.15) is 21.6 Å². The standard InChI is InChI=1S/C12H15F4O6PS/c1-8(2)22-23(17,20-3)7-21-24(18,19)11-5-4-9(6-10(11)13)12(14,15)16/h4-6,8H,7H2,1-3H3. The lowest BCUT2D eigenvalue weighted by atomic mass is 10.2. The van der Waals surface area contributed by atoms with Gasteiger partial charge in [0.2, 0.25) is 0 Å². The fourth-order valence-corrected chi connectivity index (χ4v) is 4.15. The van der Waals surface area contributed by atoms with E-state index >= 15 is 0 Å². The highest BCUT2D eigenvalue weighted by atomic mass is 32.2. The van der Waals surface area contributed by atoms with Crippen LogP contribution in [0.4, 0.5) is 17.6 Å². The van der Waals surface area contributed by atoms with Gasteiger partial charge in [0, 0.05) is 7.11 Å². The Bertz CT molecular complexity index is 732. The van der Waals surface area contributed by atoms with Gasteiger partial charge in [0.15, 0.2) is 6.35 Å². The number of benzene rings is 1. The molecule has 0 saturated carbocycles. The molecule has 0 heterocycles. The Hall–Kier alpha value is -1.00. The lowest BCUT2D eigenvalue weighted by Crippen LogP contribution is -2.14. The topological polar surface area (TPSA) is 78.9 Å². The zero-order valence-electron chi connectivity index (χ0n) is 12.8. The Morgan fingerprint density at radius 1 is 1.25 bits per heavy atom. The molecule has 0 bridgehead atoms. The summed E-state index contributed by atoms with van der Waals surface area (Å²) >= 11 is 0. The highest BCUT2D eigenvalue weighted by molar-refractivity contribution is 7.87. The van der Waals surface area contributed by atoms with Crippen LogP contribution in [0.1, 0.15) is 19.4 Å². The quantitative estimate of drug-likeness (QED) is 0.398. The van der Waals surface area contributed by atoms with Crippen molar-refractivity contribution in [3.63, 3.8) is 0 Å². The molecule has 6 nitrogen and oxygen atoms in total. The summed E-state index contributed by atoms with van der Waals surface area (Å²) in [5, 5.41) is 0. The molecule has 1 rings (SSSR count). The summed E-state index contributed by atoms with van der Waals surface area (Å²) in [6, 6.07) is 0.825. The van der Waals surface area contributed by atoms with E-state index in [-0.39, 0.29) is 6.07 Å². The van der Waals surface area contributed by atoms with Crippen molar-refractivity contribution in [3.05, 3.63) is 29.6 Å². The van der Waals surface area contributed by atoms with E-state index in [2.05, 4.69) is 8.71 Å². The molecule has 0 saturated heterocycles. The summed E-state index contributed by atoms with van der Waals surface area (Å²) in [5.41, 5.74) is -1.36. The normalized spacial score (nSPS) is 15.5. The second-order valence-corrected chi connectivity index (χ2v) is 8.43. The largest absolute Gasteiger partial charge is 0.416 e. The van der Waals surface area contributed by atoms with Crippen molar-refractivity contribution in [2.24, 2.45) is 0 Å². The van der Waals surface area contributed by atoms with E-state index in [1.165, 1.54) is 13.8 Å². The molecule has 12 heteroatoms. The molecule has 0 aliphatic heterocycles. The highest BCUT2D eigenvalue weighted by Gasteiger charge is 2.34. The van der Waals surface area contributed by atoms with Gasteiger partial charge in [-0.15, -0.1) is 0 Å². The monoisotopic (exact) mass is 394 g/mol. The summed E-state index contributed by atoms with van der Waals surface area (Å²) in [7, 11) is -7.74. The van der Waals surface area contributed by atoms with Crippen LogP contribution in [0.2, 0.25) is 0 Å². The van der Waals surface area contributed by atoms with Crippen LogP contribution in [0.5, 0.6) is 0 Å². The van der Waals surface area contributed by atoms with Gasteiger partial charge >= 0.3 is 23.9 Å². The van der Waals surface area contributed by atoms with Crippen LogP contribution < -0.4 is 0 Å². The van der Waals surface area contributed by atoms with E-state index in [4.69, 9.17) is 4.52 Å². The average molecular weight is 394 g/mol. The second-order valence-electron chi connectivity index (χ2n) is 4.79. The van der Waals surface area contributed by atoms with Gasteiger partial charge in [-0.3, -0.25) is 8.75 Å². The minimum absolute atomic E-state index is 0.0246. The number of rotatable bonds is 7. The van der Waals surface area contributed by atoms with E-state index in [0.717, 1.165) is 7.11 Å². The van der Waals surface area contributed by atoms with Crippen LogP contribution in [0.25, 0.3) is 0 Å². The summed E-state index contributed by atoms with van der Waals surface area (Å²) < 4.78 is 101. The van der Waals surface area contributed by atoms with E-state index in [0.29, 0.717) is 12.1 Å². The Balaban J connectivity index is 3.03. The van der Waals surface area contributed by atoms with Gasteiger partial charge in [-0.1, -0.05) is 0 Å². The summed E-state index contributed by atoms with van der Waals surface area (Å²) in [5.74, 6) is -1.65. The fourth-order valence-electron chi connectivity index (χ4n) is 1.52. The zero-order valence-corrected chi connectivity index (χ0v) is 14.5. The van der Waals surface area contributed by atoms with Crippen LogP contribution in [0.15, 0.2) is 23.1 Å². The maximum absolute atomic E-state index is 13.7. The first-order valence-electron chi connectivity index (χ1n) is 6.40. The van der Waals surface area contributed by atoms with Crippen molar-refractivity contribution in [2.75, 3.05) is 13.5 Å². The minimum atomic E-state index is -4.83. The van der Waals surface area contributed by atoms with E-state index in [9.17, 15) is 30.5 Å². The molecule has 0 N–H and O–H groups in total. The van der Waals surface area contributed by atoms with Gasteiger partial charge in [-0.05, 0) is 32.0 Å². The molecule has 138 valence electrons. The highest BCUT2D eigenvalue weighted by Crippen LogP contribution is 2.49. The number of hydrogen-bond acceptors (Lipinski definition) is 6. The molecular formula is C12H15F4O6PS. The first kappa shape index (κ1) is 21.0. The molecule has 1 atom stereocenters. The molecule has 24 heavy (non-hydrogen) atoms. The predicted octanol–water partition coefficient (Wildman–Crippen LogP) is 3.77. The van der Waals surface area contributed by atoms with Gasteiger partial charge in [-0.25, -0.2) is 4.39 Å².